The number of rotatable bonds is 4. The average molecular weight is 409 g/mol. The Bertz CT molecular complexity index is 1050. The second-order valence-corrected chi connectivity index (χ2v) is 7.92. The van der Waals surface area contributed by atoms with Gasteiger partial charge in [0.2, 0.25) is 0 Å². The summed E-state index contributed by atoms with van der Waals surface area (Å²) in [6, 6.07) is 15.0. The number of hydrogen-bond donors (Lipinski definition) is 1. The molecule has 0 saturated heterocycles. The molecule has 2 N–H and O–H groups in total. The summed E-state index contributed by atoms with van der Waals surface area (Å²) in [6.07, 6.45) is 0. The maximum atomic E-state index is 13.0. The number of benzene rings is 1. The number of carbonyl (C=O) groups excluding carboxylic acids is 1. The molecule has 2 aromatic rings. The Hall–Kier alpha value is -3.02. The first-order valence-corrected chi connectivity index (χ1v) is 10.3. The smallest absolute Gasteiger partial charge is 0.338 e. The van der Waals surface area contributed by atoms with Gasteiger partial charge in [-0.15, -0.1) is 11.3 Å². The second-order valence-electron chi connectivity index (χ2n) is 5.96. The highest BCUT2D eigenvalue weighted by atomic mass is 32.2. The Morgan fingerprint density at radius 3 is 2.75 bits per heavy atom. The minimum Gasteiger partial charge on any atom is -0.463 e. The van der Waals surface area contributed by atoms with Crippen LogP contribution in [0.25, 0.3) is 5.70 Å². The van der Waals surface area contributed by atoms with E-state index in [4.69, 9.17) is 15.5 Å². The second kappa shape index (κ2) is 7.54. The van der Waals surface area contributed by atoms with Gasteiger partial charge in [0, 0.05) is 10.4 Å². The largest absolute Gasteiger partial charge is 0.463 e. The van der Waals surface area contributed by atoms with Gasteiger partial charge in [0.05, 0.1) is 17.9 Å². The number of amidine groups is 1. The molecule has 0 bridgehead atoms. The summed E-state index contributed by atoms with van der Waals surface area (Å²) in [6.45, 7) is 2.02. The molecule has 28 heavy (non-hydrogen) atoms. The fourth-order valence-electron chi connectivity index (χ4n) is 3.18. The molecule has 1 atom stereocenters. The zero-order valence-corrected chi connectivity index (χ0v) is 16.6. The van der Waals surface area contributed by atoms with Crippen molar-refractivity contribution >= 4 is 39.9 Å². The highest BCUT2D eigenvalue weighted by Crippen LogP contribution is 2.48. The molecule has 2 aliphatic heterocycles. The standard InChI is InChI=1S/C20H16N4O2S2/c1-2-26-19(25)15-16(12-7-4-3-5-8-12)23-20-24(18(22)14(11-21)28-20)17(15)13-9-6-10-27-13/h3-10,17H,2,22H2,1H3/t17-/m0/s1. The van der Waals surface area contributed by atoms with Crippen molar-refractivity contribution < 1.29 is 9.53 Å². The number of thioether (sulfide) groups is 1. The zero-order valence-electron chi connectivity index (χ0n) is 15.0. The van der Waals surface area contributed by atoms with Gasteiger partial charge >= 0.3 is 5.97 Å². The molecule has 0 saturated carbocycles. The van der Waals surface area contributed by atoms with Crippen LogP contribution in [0.15, 0.2) is 69.1 Å². The first-order chi connectivity index (χ1) is 13.7. The molecule has 1 aromatic heterocycles. The van der Waals surface area contributed by atoms with E-state index in [-0.39, 0.29) is 6.61 Å². The molecule has 0 aliphatic carbocycles. The molecule has 0 fully saturated rings. The van der Waals surface area contributed by atoms with E-state index in [1.807, 2.05) is 47.8 Å². The number of nitriles is 1. The Balaban J connectivity index is 1.98. The molecule has 6 nitrogen and oxygen atoms in total. The fraction of sp³-hybridized carbons (Fsp3) is 0.150. The van der Waals surface area contributed by atoms with Gasteiger partial charge in [0.15, 0.2) is 5.17 Å². The third kappa shape index (κ3) is 2.99. The average Bonchev–Trinajstić information content (AvgIpc) is 3.35. The van der Waals surface area contributed by atoms with Gasteiger partial charge in [-0.05, 0) is 30.1 Å². The first kappa shape index (κ1) is 18.3. The predicted molar refractivity (Wildman–Crippen MR) is 111 cm³/mol. The maximum Gasteiger partial charge on any atom is 0.338 e. The van der Waals surface area contributed by atoms with Gasteiger partial charge in [0.1, 0.15) is 22.8 Å². The summed E-state index contributed by atoms with van der Waals surface area (Å²) in [5.74, 6) is -0.135. The number of esters is 1. The van der Waals surface area contributed by atoms with Crippen LogP contribution in [0.4, 0.5) is 0 Å². The van der Waals surface area contributed by atoms with Crippen LogP contribution in [0.5, 0.6) is 0 Å². The summed E-state index contributed by atoms with van der Waals surface area (Å²) in [4.78, 5) is 20.8. The molecule has 3 heterocycles. The molecular formula is C20H16N4O2S2. The number of nitrogens with zero attached hydrogens (tertiary/aromatic N) is 3. The number of allylic oxidation sites excluding steroid dienone is 1. The van der Waals surface area contributed by atoms with Crippen LogP contribution in [-0.2, 0) is 9.53 Å². The number of aliphatic imine (C=N–C) groups is 1. The third-order valence-corrected chi connectivity index (χ3v) is 6.24. The van der Waals surface area contributed by atoms with E-state index >= 15 is 0 Å². The Morgan fingerprint density at radius 1 is 1.32 bits per heavy atom. The lowest BCUT2D eigenvalue weighted by Gasteiger charge is -2.34. The predicted octanol–water partition coefficient (Wildman–Crippen LogP) is 3.83. The van der Waals surface area contributed by atoms with Crippen LogP contribution in [-0.4, -0.2) is 22.6 Å². The van der Waals surface area contributed by atoms with Crippen molar-refractivity contribution in [3.05, 3.63) is 74.6 Å². The van der Waals surface area contributed by atoms with Crippen LogP contribution in [0.3, 0.4) is 0 Å². The molecule has 0 radical (unpaired) electrons. The Morgan fingerprint density at radius 2 is 2.11 bits per heavy atom. The Labute approximate surface area is 170 Å². The van der Waals surface area contributed by atoms with Gasteiger partial charge in [-0.3, -0.25) is 4.90 Å². The summed E-state index contributed by atoms with van der Waals surface area (Å²) in [7, 11) is 0. The molecule has 4 rings (SSSR count). The number of carbonyl (C=O) groups is 1. The van der Waals surface area contributed by atoms with Crippen LogP contribution in [0, 0.1) is 11.3 Å². The lowest BCUT2D eigenvalue weighted by molar-refractivity contribution is -0.139. The minimum absolute atomic E-state index is 0.252. The highest BCUT2D eigenvalue weighted by Gasteiger charge is 2.44. The first-order valence-electron chi connectivity index (χ1n) is 8.61. The SMILES string of the molecule is CCOC(=O)C1=C(c2ccccc2)N=C2SC(C#N)=C(N)N2[C@H]1c1cccs1. The molecule has 8 heteroatoms. The summed E-state index contributed by atoms with van der Waals surface area (Å²) in [5, 5.41) is 12.0. The van der Waals surface area contributed by atoms with Gasteiger partial charge in [-0.25, -0.2) is 9.79 Å². The van der Waals surface area contributed by atoms with Crippen LogP contribution in [0.2, 0.25) is 0 Å². The van der Waals surface area contributed by atoms with Crippen molar-refractivity contribution in [2.75, 3.05) is 6.61 Å². The quantitative estimate of drug-likeness (QED) is 0.773. The monoisotopic (exact) mass is 408 g/mol. The van der Waals surface area contributed by atoms with Crippen molar-refractivity contribution in [1.82, 2.24) is 4.90 Å². The topological polar surface area (TPSA) is 91.7 Å². The zero-order chi connectivity index (χ0) is 19.7. The number of hydrogen-bond acceptors (Lipinski definition) is 8. The fourth-order valence-corrected chi connectivity index (χ4v) is 4.87. The van der Waals surface area contributed by atoms with E-state index in [9.17, 15) is 10.1 Å². The van der Waals surface area contributed by atoms with E-state index in [1.54, 1.807) is 11.8 Å². The lowest BCUT2D eigenvalue weighted by atomic mass is 9.96. The van der Waals surface area contributed by atoms with E-state index < -0.39 is 12.0 Å². The van der Waals surface area contributed by atoms with E-state index in [2.05, 4.69) is 6.07 Å². The summed E-state index contributed by atoms with van der Waals surface area (Å²) < 4.78 is 5.38. The molecular weight excluding hydrogens is 392 g/mol. The number of nitrogens with two attached hydrogens (primary N) is 1. The lowest BCUT2D eigenvalue weighted by Crippen LogP contribution is -2.38. The Kier molecular flexibility index (Phi) is 4.94. The minimum atomic E-state index is -0.500. The van der Waals surface area contributed by atoms with Crippen LogP contribution in [0.1, 0.15) is 23.4 Å². The van der Waals surface area contributed by atoms with E-state index in [0.29, 0.717) is 27.2 Å². The highest BCUT2D eigenvalue weighted by molar-refractivity contribution is 8.17. The van der Waals surface area contributed by atoms with Crippen molar-refractivity contribution in [2.45, 2.75) is 13.0 Å². The number of ether oxygens (including phenoxy) is 1. The van der Waals surface area contributed by atoms with E-state index in [1.165, 1.54) is 23.1 Å². The molecule has 0 amide bonds. The number of fused-ring (bicyclic) bond motifs is 1. The summed E-state index contributed by atoms with van der Waals surface area (Å²) in [5.41, 5.74) is 8.04. The molecule has 1 aromatic carbocycles. The van der Waals surface area contributed by atoms with Crippen molar-refractivity contribution in [3.63, 3.8) is 0 Å². The molecule has 0 unspecified atom stereocenters. The van der Waals surface area contributed by atoms with Crippen molar-refractivity contribution in [1.29, 1.82) is 5.26 Å². The van der Waals surface area contributed by atoms with Gasteiger partial charge in [0.25, 0.3) is 0 Å². The normalized spacial score (nSPS) is 18.6. The molecule has 2 aliphatic rings. The molecule has 0 spiro atoms. The molecule has 140 valence electrons. The van der Waals surface area contributed by atoms with Crippen LogP contribution < -0.4 is 5.73 Å². The summed E-state index contributed by atoms with van der Waals surface area (Å²) >= 11 is 2.73. The van der Waals surface area contributed by atoms with Gasteiger partial charge in [-0.2, -0.15) is 5.26 Å². The van der Waals surface area contributed by atoms with Crippen molar-refractivity contribution in [3.8, 4) is 6.07 Å². The van der Waals surface area contributed by atoms with E-state index in [0.717, 1.165) is 10.4 Å². The van der Waals surface area contributed by atoms with Gasteiger partial charge < -0.3 is 10.5 Å². The van der Waals surface area contributed by atoms with Crippen LogP contribution >= 0.6 is 23.1 Å². The number of thiophene rings is 1. The van der Waals surface area contributed by atoms with Gasteiger partial charge in [-0.1, -0.05) is 36.4 Å². The third-order valence-electron chi connectivity index (χ3n) is 4.34. The van der Waals surface area contributed by atoms with Crippen molar-refractivity contribution in [2.24, 2.45) is 10.7 Å². The maximum absolute atomic E-state index is 13.0.